The maximum atomic E-state index is 12.1. The van der Waals surface area contributed by atoms with Crippen molar-refractivity contribution in [2.24, 2.45) is 0 Å². The summed E-state index contributed by atoms with van der Waals surface area (Å²) in [5, 5.41) is 0. The Hall–Kier alpha value is -1.83. The molecule has 1 aromatic heterocycles. The molecular weight excluding hydrogens is 341 g/mol. The number of aryl methyl sites for hydroxylation is 1. The molecule has 0 spiro atoms. The zero-order chi connectivity index (χ0) is 14.8. The smallest absolute Gasteiger partial charge is 0.439 e. The quantitative estimate of drug-likeness (QED) is 0.832. The lowest BCUT2D eigenvalue weighted by Crippen LogP contribution is -2.17. The van der Waals surface area contributed by atoms with Gasteiger partial charge < -0.3 is 9.47 Å². The lowest BCUT2D eigenvalue weighted by atomic mass is 10.3. The highest BCUT2D eigenvalue weighted by atomic mass is 79.9. The summed E-state index contributed by atoms with van der Waals surface area (Å²) in [6.07, 6.45) is -3.41. The van der Waals surface area contributed by atoms with Crippen LogP contribution < -0.4 is 9.47 Å². The second-order valence-electron chi connectivity index (χ2n) is 3.74. The Morgan fingerprint density at radius 3 is 2.50 bits per heavy atom. The van der Waals surface area contributed by atoms with Crippen LogP contribution in [-0.4, -0.2) is 16.3 Å². The second kappa shape index (κ2) is 5.66. The van der Waals surface area contributed by atoms with E-state index >= 15 is 0 Å². The maximum absolute atomic E-state index is 12.1. The molecule has 2 aromatic rings. The molecule has 0 amide bonds. The average Bonchev–Trinajstić information content (AvgIpc) is 2.31. The van der Waals surface area contributed by atoms with Crippen LogP contribution in [0.4, 0.5) is 13.2 Å². The minimum absolute atomic E-state index is 0.123. The van der Waals surface area contributed by atoms with E-state index in [9.17, 15) is 13.2 Å². The molecule has 0 atom stereocenters. The number of halogens is 4. The molecule has 0 fully saturated rings. The Labute approximate surface area is 120 Å². The molecule has 0 aliphatic heterocycles. The molecule has 0 bridgehead atoms. The van der Waals surface area contributed by atoms with Crippen LogP contribution in [0.15, 0.2) is 35.1 Å². The van der Waals surface area contributed by atoms with E-state index in [4.69, 9.17) is 4.74 Å². The van der Waals surface area contributed by atoms with E-state index in [0.717, 1.165) is 6.07 Å². The SMILES string of the molecule is Cc1cc(Oc2ccc(OC(F)(F)F)c(Br)c2)ncn1. The summed E-state index contributed by atoms with van der Waals surface area (Å²) in [7, 11) is 0. The third kappa shape index (κ3) is 4.09. The normalized spacial score (nSPS) is 11.2. The summed E-state index contributed by atoms with van der Waals surface area (Å²) < 4.78 is 45.7. The Bertz CT molecular complexity index is 620. The van der Waals surface area contributed by atoms with Crippen molar-refractivity contribution in [2.75, 3.05) is 0 Å². The molecular formula is C12H8BrF3N2O2. The van der Waals surface area contributed by atoms with E-state index in [1.807, 2.05) is 0 Å². The van der Waals surface area contributed by atoms with Gasteiger partial charge in [-0.1, -0.05) is 0 Å². The van der Waals surface area contributed by atoms with Gasteiger partial charge in [-0.05, 0) is 41.1 Å². The fourth-order valence-electron chi connectivity index (χ4n) is 1.36. The zero-order valence-corrected chi connectivity index (χ0v) is 11.7. The van der Waals surface area contributed by atoms with Crippen LogP contribution in [0.2, 0.25) is 0 Å². The van der Waals surface area contributed by atoms with Crippen LogP contribution in [0.1, 0.15) is 5.69 Å². The molecule has 20 heavy (non-hydrogen) atoms. The van der Waals surface area contributed by atoms with Crippen molar-refractivity contribution in [2.45, 2.75) is 13.3 Å². The number of nitrogens with zero attached hydrogens (tertiary/aromatic N) is 2. The van der Waals surface area contributed by atoms with Crippen molar-refractivity contribution in [3.63, 3.8) is 0 Å². The van der Waals surface area contributed by atoms with Crippen molar-refractivity contribution in [1.82, 2.24) is 9.97 Å². The van der Waals surface area contributed by atoms with Gasteiger partial charge in [0, 0.05) is 11.8 Å². The van der Waals surface area contributed by atoms with Gasteiger partial charge in [-0.25, -0.2) is 9.97 Å². The van der Waals surface area contributed by atoms with Gasteiger partial charge in [-0.15, -0.1) is 13.2 Å². The Morgan fingerprint density at radius 2 is 1.90 bits per heavy atom. The second-order valence-corrected chi connectivity index (χ2v) is 4.59. The first-order valence-electron chi connectivity index (χ1n) is 5.35. The highest BCUT2D eigenvalue weighted by molar-refractivity contribution is 9.10. The Balaban J connectivity index is 2.17. The van der Waals surface area contributed by atoms with Crippen LogP contribution in [0, 0.1) is 6.92 Å². The number of benzene rings is 1. The molecule has 2 rings (SSSR count). The van der Waals surface area contributed by atoms with Gasteiger partial charge in [0.05, 0.1) is 4.47 Å². The zero-order valence-electron chi connectivity index (χ0n) is 10.1. The summed E-state index contributed by atoms with van der Waals surface area (Å²) >= 11 is 2.99. The standard InChI is InChI=1S/C12H8BrF3N2O2/c1-7-4-11(18-6-17-7)19-8-2-3-10(9(13)5-8)20-12(14,15)16/h2-6H,1H3. The minimum atomic E-state index is -4.74. The molecule has 0 aliphatic rings. The predicted molar refractivity (Wildman–Crippen MR) is 67.7 cm³/mol. The molecule has 8 heteroatoms. The van der Waals surface area contributed by atoms with Gasteiger partial charge in [-0.2, -0.15) is 0 Å². The summed E-state index contributed by atoms with van der Waals surface area (Å²) in [6, 6.07) is 5.47. The number of rotatable bonds is 3. The maximum Gasteiger partial charge on any atom is 0.573 e. The van der Waals surface area contributed by atoms with E-state index in [1.165, 1.54) is 18.5 Å². The molecule has 0 aliphatic carbocycles. The predicted octanol–water partition coefficient (Wildman–Crippen LogP) is 4.24. The molecule has 0 radical (unpaired) electrons. The molecule has 0 saturated carbocycles. The molecule has 0 unspecified atom stereocenters. The third-order valence-corrected chi connectivity index (χ3v) is 2.75. The van der Waals surface area contributed by atoms with Gasteiger partial charge in [0.15, 0.2) is 0 Å². The molecule has 0 saturated heterocycles. The van der Waals surface area contributed by atoms with Gasteiger partial charge in [0.1, 0.15) is 17.8 Å². The number of hydrogen-bond acceptors (Lipinski definition) is 4. The van der Waals surface area contributed by atoms with Crippen molar-refractivity contribution in [3.8, 4) is 17.4 Å². The van der Waals surface area contributed by atoms with Crippen LogP contribution in [0.3, 0.4) is 0 Å². The van der Waals surface area contributed by atoms with Gasteiger partial charge in [0.25, 0.3) is 0 Å². The fraction of sp³-hybridized carbons (Fsp3) is 0.167. The topological polar surface area (TPSA) is 44.2 Å². The van der Waals surface area contributed by atoms with Crippen LogP contribution in [-0.2, 0) is 0 Å². The van der Waals surface area contributed by atoms with Crippen LogP contribution in [0.25, 0.3) is 0 Å². The van der Waals surface area contributed by atoms with Crippen LogP contribution in [0.5, 0.6) is 17.4 Å². The monoisotopic (exact) mass is 348 g/mol. The van der Waals surface area contributed by atoms with Gasteiger partial charge in [0.2, 0.25) is 5.88 Å². The average molecular weight is 349 g/mol. The minimum Gasteiger partial charge on any atom is -0.439 e. The molecule has 106 valence electrons. The Morgan fingerprint density at radius 1 is 1.15 bits per heavy atom. The van der Waals surface area contributed by atoms with E-state index in [2.05, 4.69) is 30.6 Å². The van der Waals surface area contributed by atoms with E-state index < -0.39 is 6.36 Å². The number of alkyl halides is 3. The number of aromatic nitrogens is 2. The summed E-state index contributed by atoms with van der Waals surface area (Å²) in [5.41, 5.74) is 0.714. The van der Waals surface area contributed by atoms with E-state index in [-0.39, 0.29) is 10.2 Å². The fourth-order valence-corrected chi connectivity index (χ4v) is 1.80. The highest BCUT2D eigenvalue weighted by Crippen LogP contribution is 2.34. The van der Waals surface area contributed by atoms with Crippen LogP contribution >= 0.6 is 15.9 Å². The Kier molecular flexibility index (Phi) is 4.12. The summed E-state index contributed by atoms with van der Waals surface area (Å²) in [5.74, 6) is 0.280. The lowest BCUT2D eigenvalue weighted by Gasteiger charge is -2.11. The largest absolute Gasteiger partial charge is 0.573 e. The van der Waals surface area contributed by atoms with Gasteiger partial charge in [-0.3, -0.25) is 0 Å². The van der Waals surface area contributed by atoms with Crippen molar-refractivity contribution >= 4 is 15.9 Å². The first-order valence-corrected chi connectivity index (χ1v) is 6.14. The molecule has 4 nitrogen and oxygen atoms in total. The summed E-state index contributed by atoms with van der Waals surface area (Å²) in [6.45, 7) is 1.77. The number of hydrogen-bond donors (Lipinski definition) is 0. The number of ether oxygens (including phenoxy) is 2. The first-order chi connectivity index (χ1) is 9.33. The van der Waals surface area contributed by atoms with Crippen molar-refractivity contribution in [3.05, 3.63) is 40.8 Å². The highest BCUT2D eigenvalue weighted by Gasteiger charge is 2.32. The third-order valence-electron chi connectivity index (χ3n) is 2.13. The molecule has 1 aromatic carbocycles. The van der Waals surface area contributed by atoms with E-state index in [1.54, 1.807) is 13.0 Å². The molecule has 0 N–H and O–H groups in total. The summed E-state index contributed by atoms with van der Waals surface area (Å²) in [4.78, 5) is 7.79. The molecule has 1 heterocycles. The first kappa shape index (κ1) is 14.6. The van der Waals surface area contributed by atoms with Gasteiger partial charge >= 0.3 is 6.36 Å². The lowest BCUT2D eigenvalue weighted by molar-refractivity contribution is -0.274. The van der Waals surface area contributed by atoms with Crippen molar-refractivity contribution < 1.29 is 22.6 Å². The van der Waals surface area contributed by atoms with E-state index in [0.29, 0.717) is 17.3 Å². The van der Waals surface area contributed by atoms with Crippen molar-refractivity contribution in [1.29, 1.82) is 0 Å².